The van der Waals surface area contributed by atoms with Crippen molar-refractivity contribution < 1.29 is 14.9 Å². The van der Waals surface area contributed by atoms with Crippen LogP contribution in [0.25, 0.3) is 0 Å². The molecule has 19 heavy (non-hydrogen) atoms. The van der Waals surface area contributed by atoms with Gasteiger partial charge in [-0.25, -0.2) is 0 Å². The molecule has 0 spiro atoms. The van der Waals surface area contributed by atoms with Crippen LogP contribution in [0.4, 0.5) is 0 Å². The van der Waals surface area contributed by atoms with E-state index in [0.717, 1.165) is 24.3 Å². The van der Waals surface area contributed by atoms with E-state index in [-0.39, 0.29) is 13.2 Å². The molecule has 5 nitrogen and oxygen atoms in total. The highest BCUT2D eigenvalue weighted by Gasteiger charge is 2.03. The average molecular weight is 268 g/mol. The van der Waals surface area contributed by atoms with Crippen molar-refractivity contribution in [1.29, 1.82) is 0 Å². The Kier molecular flexibility index (Phi) is 8.16. The summed E-state index contributed by atoms with van der Waals surface area (Å²) in [5.74, 6) is 0.841. The molecule has 0 aromatic heterocycles. The molecule has 0 bridgehead atoms. The van der Waals surface area contributed by atoms with E-state index in [1.165, 1.54) is 0 Å². The van der Waals surface area contributed by atoms with Gasteiger partial charge in [0.25, 0.3) is 0 Å². The van der Waals surface area contributed by atoms with Crippen molar-refractivity contribution in [2.24, 2.45) is 5.73 Å². The molecule has 0 atom stereocenters. The molecular formula is C14H24N2O3. The van der Waals surface area contributed by atoms with E-state index < -0.39 is 0 Å². The minimum Gasteiger partial charge on any atom is -0.494 e. The number of benzene rings is 1. The third-order valence-electron chi connectivity index (χ3n) is 2.88. The van der Waals surface area contributed by atoms with Gasteiger partial charge in [-0.1, -0.05) is 12.1 Å². The summed E-state index contributed by atoms with van der Waals surface area (Å²) in [6, 6.07) is 7.75. The van der Waals surface area contributed by atoms with Crippen molar-refractivity contribution in [2.75, 3.05) is 39.5 Å². The first-order valence-electron chi connectivity index (χ1n) is 6.66. The van der Waals surface area contributed by atoms with Gasteiger partial charge in [-0.3, -0.25) is 4.90 Å². The normalized spacial score (nSPS) is 10.9. The molecule has 0 unspecified atom stereocenters. The fourth-order valence-electron chi connectivity index (χ4n) is 1.82. The van der Waals surface area contributed by atoms with Crippen LogP contribution in [0.3, 0.4) is 0 Å². The molecule has 1 aromatic rings. The summed E-state index contributed by atoms with van der Waals surface area (Å²) in [6.07, 6.45) is 0.860. The lowest BCUT2D eigenvalue weighted by Gasteiger charge is -2.19. The van der Waals surface area contributed by atoms with Crippen LogP contribution >= 0.6 is 0 Å². The van der Waals surface area contributed by atoms with Gasteiger partial charge in [0.05, 0.1) is 19.8 Å². The van der Waals surface area contributed by atoms with E-state index in [1.54, 1.807) is 0 Å². The monoisotopic (exact) mass is 268 g/mol. The van der Waals surface area contributed by atoms with Crippen LogP contribution < -0.4 is 10.5 Å². The molecule has 108 valence electrons. The predicted molar refractivity (Wildman–Crippen MR) is 75.1 cm³/mol. The summed E-state index contributed by atoms with van der Waals surface area (Å²) < 4.78 is 5.62. The molecular weight excluding hydrogens is 244 g/mol. The highest BCUT2D eigenvalue weighted by Crippen LogP contribution is 2.11. The molecule has 0 aliphatic heterocycles. The minimum atomic E-state index is 0.113. The maximum atomic E-state index is 8.88. The summed E-state index contributed by atoms with van der Waals surface area (Å²) >= 11 is 0. The van der Waals surface area contributed by atoms with Crippen LogP contribution in [0.15, 0.2) is 24.3 Å². The molecule has 0 saturated heterocycles. The third kappa shape index (κ3) is 6.54. The van der Waals surface area contributed by atoms with Crippen LogP contribution in [-0.2, 0) is 6.54 Å². The van der Waals surface area contributed by atoms with Crippen LogP contribution in [0.1, 0.15) is 12.0 Å². The quantitative estimate of drug-likeness (QED) is 0.528. The smallest absolute Gasteiger partial charge is 0.119 e. The SMILES string of the molecule is NCc1ccc(OCCCN(CCO)CCO)cc1. The van der Waals surface area contributed by atoms with E-state index in [2.05, 4.69) is 0 Å². The highest BCUT2D eigenvalue weighted by atomic mass is 16.5. The largest absolute Gasteiger partial charge is 0.494 e. The van der Waals surface area contributed by atoms with Crippen LogP contribution in [-0.4, -0.2) is 54.6 Å². The van der Waals surface area contributed by atoms with Gasteiger partial charge in [-0.15, -0.1) is 0 Å². The van der Waals surface area contributed by atoms with Crippen LogP contribution in [0.2, 0.25) is 0 Å². The van der Waals surface area contributed by atoms with Gasteiger partial charge in [-0.05, 0) is 24.1 Å². The molecule has 0 fully saturated rings. The first kappa shape index (κ1) is 15.9. The Morgan fingerprint density at radius 1 is 1.00 bits per heavy atom. The number of ether oxygens (including phenoxy) is 1. The molecule has 0 heterocycles. The van der Waals surface area contributed by atoms with Crippen LogP contribution in [0, 0.1) is 0 Å². The number of nitrogens with zero attached hydrogens (tertiary/aromatic N) is 1. The second kappa shape index (κ2) is 9.75. The summed E-state index contributed by atoms with van der Waals surface area (Å²) in [7, 11) is 0. The Morgan fingerprint density at radius 2 is 1.63 bits per heavy atom. The minimum absolute atomic E-state index is 0.113. The standard InChI is InChI=1S/C14H24N2O3/c15-12-13-2-4-14(5-3-13)19-11-1-6-16(7-9-17)8-10-18/h2-5,17-18H,1,6-12,15H2. The average Bonchev–Trinajstić information content (AvgIpc) is 2.44. The van der Waals surface area contributed by atoms with Gasteiger partial charge in [0.2, 0.25) is 0 Å². The van der Waals surface area contributed by atoms with Crippen molar-refractivity contribution in [3.05, 3.63) is 29.8 Å². The second-order valence-electron chi connectivity index (χ2n) is 4.34. The molecule has 1 rings (SSSR count). The summed E-state index contributed by atoms with van der Waals surface area (Å²) in [6.45, 7) is 3.37. The number of nitrogens with two attached hydrogens (primary N) is 1. The van der Waals surface area contributed by atoms with Crippen molar-refractivity contribution >= 4 is 0 Å². The molecule has 1 aromatic carbocycles. The van der Waals surface area contributed by atoms with E-state index >= 15 is 0 Å². The zero-order chi connectivity index (χ0) is 13.9. The Bertz CT molecular complexity index is 324. The van der Waals surface area contributed by atoms with Crippen molar-refractivity contribution in [3.8, 4) is 5.75 Å². The number of aliphatic hydroxyl groups is 2. The van der Waals surface area contributed by atoms with E-state index in [0.29, 0.717) is 26.2 Å². The van der Waals surface area contributed by atoms with Gasteiger partial charge < -0.3 is 20.7 Å². The van der Waals surface area contributed by atoms with Gasteiger partial charge in [0, 0.05) is 26.2 Å². The lowest BCUT2D eigenvalue weighted by atomic mass is 10.2. The van der Waals surface area contributed by atoms with E-state index in [1.807, 2.05) is 29.2 Å². The first-order chi connectivity index (χ1) is 9.30. The second-order valence-corrected chi connectivity index (χ2v) is 4.34. The maximum absolute atomic E-state index is 8.88. The number of rotatable bonds is 10. The van der Waals surface area contributed by atoms with E-state index in [9.17, 15) is 0 Å². The maximum Gasteiger partial charge on any atom is 0.119 e. The molecule has 0 saturated carbocycles. The third-order valence-corrected chi connectivity index (χ3v) is 2.88. The summed E-state index contributed by atoms with van der Waals surface area (Å²) in [4.78, 5) is 2.01. The molecule has 0 amide bonds. The predicted octanol–water partition coefficient (Wildman–Crippen LogP) is 0.201. The Labute approximate surface area is 114 Å². The Hall–Kier alpha value is -1.14. The van der Waals surface area contributed by atoms with Gasteiger partial charge in [0.1, 0.15) is 5.75 Å². The lowest BCUT2D eigenvalue weighted by Crippen LogP contribution is -2.31. The Balaban J connectivity index is 2.21. The lowest BCUT2D eigenvalue weighted by molar-refractivity contribution is 0.153. The molecule has 0 radical (unpaired) electrons. The van der Waals surface area contributed by atoms with Gasteiger partial charge in [-0.2, -0.15) is 0 Å². The first-order valence-corrected chi connectivity index (χ1v) is 6.66. The van der Waals surface area contributed by atoms with Gasteiger partial charge >= 0.3 is 0 Å². The number of hydrogen-bond donors (Lipinski definition) is 3. The van der Waals surface area contributed by atoms with Crippen molar-refractivity contribution in [3.63, 3.8) is 0 Å². The summed E-state index contributed by atoms with van der Waals surface area (Å²) in [5.41, 5.74) is 6.61. The topological polar surface area (TPSA) is 79.0 Å². The van der Waals surface area contributed by atoms with Crippen molar-refractivity contribution in [2.45, 2.75) is 13.0 Å². The zero-order valence-corrected chi connectivity index (χ0v) is 11.3. The zero-order valence-electron chi connectivity index (χ0n) is 11.3. The van der Waals surface area contributed by atoms with Gasteiger partial charge in [0.15, 0.2) is 0 Å². The highest BCUT2D eigenvalue weighted by molar-refractivity contribution is 5.26. The Morgan fingerprint density at radius 3 is 2.16 bits per heavy atom. The number of aliphatic hydroxyl groups excluding tert-OH is 2. The number of hydrogen-bond acceptors (Lipinski definition) is 5. The molecule has 5 heteroatoms. The van der Waals surface area contributed by atoms with E-state index in [4.69, 9.17) is 20.7 Å². The van der Waals surface area contributed by atoms with Crippen molar-refractivity contribution in [1.82, 2.24) is 4.90 Å². The summed E-state index contributed by atoms with van der Waals surface area (Å²) in [5, 5.41) is 17.8. The van der Waals surface area contributed by atoms with Crippen LogP contribution in [0.5, 0.6) is 5.75 Å². The molecule has 4 N–H and O–H groups in total. The fraction of sp³-hybridized carbons (Fsp3) is 0.571. The molecule has 0 aliphatic carbocycles. The molecule has 0 aliphatic rings. The fourth-order valence-corrected chi connectivity index (χ4v) is 1.82.